The van der Waals surface area contributed by atoms with Crippen molar-refractivity contribution >= 4 is 5.91 Å². The van der Waals surface area contributed by atoms with Gasteiger partial charge >= 0.3 is 0 Å². The number of methoxy groups -OCH3 is 1. The first-order chi connectivity index (χ1) is 15.5. The Morgan fingerprint density at radius 1 is 1.28 bits per heavy atom. The standard InChI is InChI=1S/C23H30N6O3/c1-17-15-18(2)29(26-17)11-6-20(30)28-12-7-23(8-13-28,9-14-31-3)22-25-21(32-27-22)19-5-4-10-24-16-19/h4-5,10,15-16H,6-9,11-14H2,1-3H3. The molecule has 1 aliphatic rings. The number of nitrogens with zero attached hydrogens (tertiary/aromatic N) is 6. The largest absolute Gasteiger partial charge is 0.385 e. The van der Waals surface area contributed by atoms with E-state index in [4.69, 9.17) is 14.2 Å². The third kappa shape index (κ3) is 4.72. The Hall–Kier alpha value is -3.07. The van der Waals surface area contributed by atoms with Crippen molar-refractivity contribution in [2.45, 2.75) is 51.5 Å². The molecule has 3 aromatic heterocycles. The van der Waals surface area contributed by atoms with Gasteiger partial charge in [-0.3, -0.25) is 14.5 Å². The summed E-state index contributed by atoms with van der Waals surface area (Å²) in [4.78, 5) is 23.6. The van der Waals surface area contributed by atoms with Crippen LogP contribution in [0.25, 0.3) is 11.5 Å². The number of ether oxygens (including phenoxy) is 1. The number of carbonyl (C=O) groups is 1. The lowest BCUT2D eigenvalue weighted by Gasteiger charge is -2.39. The minimum Gasteiger partial charge on any atom is -0.385 e. The maximum absolute atomic E-state index is 12.8. The molecule has 0 spiro atoms. The average Bonchev–Trinajstić information content (AvgIpc) is 3.44. The van der Waals surface area contributed by atoms with Gasteiger partial charge < -0.3 is 14.2 Å². The van der Waals surface area contributed by atoms with Crippen molar-refractivity contribution < 1.29 is 14.1 Å². The molecule has 0 N–H and O–H groups in total. The highest BCUT2D eigenvalue weighted by atomic mass is 16.5. The first kappa shape index (κ1) is 22.1. The number of hydrogen-bond donors (Lipinski definition) is 0. The molecule has 1 amide bonds. The van der Waals surface area contributed by atoms with Crippen LogP contribution in [-0.4, -0.2) is 62.5 Å². The Kier molecular flexibility index (Phi) is 6.64. The molecule has 1 fully saturated rings. The number of rotatable bonds is 8. The van der Waals surface area contributed by atoms with Gasteiger partial charge in [0.1, 0.15) is 0 Å². The zero-order chi connectivity index (χ0) is 22.6. The SMILES string of the molecule is COCCC1(c2noc(-c3cccnc3)n2)CCN(C(=O)CCn2nc(C)cc2C)CC1. The Balaban J connectivity index is 1.42. The van der Waals surface area contributed by atoms with Gasteiger partial charge in [-0.15, -0.1) is 0 Å². The molecule has 0 aliphatic carbocycles. The molecule has 32 heavy (non-hydrogen) atoms. The van der Waals surface area contributed by atoms with Crippen molar-refractivity contribution in [2.24, 2.45) is 0 Å². The van der Waals surface area contributed by atoms with Crippen LogP contribution in [-0.2, 0) is 21.5 Å². The molecule has 0 unspecified atom stereocenters. The number of pyridine rings is 1. The van der Waals surface area contributed by atoms with E-state index in [-0.39, 0.29) is 11.3 Å². The van der Waals surface area contributed by atoms with Crippen molar-refractivity contribution in [1.29, 1.82) is 0 Å². The zero-order valence-electron chi connectivity index (χ0n) is 19.0. The van der Waals surface area contributed by atoms with E-state index in [2.05, 4.69) is 15.2 Å². The van der Waals surface area contributed by atoms with E-state index in [1.165, 1.54) is 0 Å². The summed E-state index contributed by atoms with van der Waals surface area (Å²) < 4.78 is 12.8. The maximum atomic E-state index is 12.8. The summed E-state index contributed by atoms with van der Waals surface area (Å²) >= 11 is 0. The van der Waals surface area contributed by atoms with Crippen molar-refractivity contribution in [3.8, 4) is 11.5 Å². The van der Waals surface area contributed by atoms with Crippen LogP contribution < -0.4 is 0 Å². The molecule has 0 saturated carbocycles. The third-order valence-corrected chi connectivity index (χ3v) is 6.31. The molecule has 3 aromatic rings. The van der Waals surface area contributed by atoms with E-state index in [1.54, 1.807) is 19.5 Å². The molecular formula is C23H30N6O3. The number of likely N-dealkylation sites (tertiary alicyclic amines) is 1. The summed E-state index contributed by atoms with van der Waals surface area (Å²) in [6, 6.07) is 5.77. The molecule has 4 heterocycles. The van der Waals surface area contributed by atoms with Gasteiger partial charge in [0.15, 0.2) is 5.82 Å². The van der Waals surface area contributed by atoms with Gasteiger partial charge in [0.2, 0.25) is 5.91 Å². The normalized spacial score (nSPS) is 15.8. The fourth-order valence-electron chi connectivity index (χ4n) is 4.37. The van der Waals surface area contributed by atoms with E-state index in [9.17, 15) is 4.79 Å². The van der Waals surface area contributed by atoms with Crippen LogP contribution in [0, 0.1) is 13.8 Å². The van der Waals surface area contributed by atoms with E-state index in [0.717, 1.165) is 36.2 Å². The molecule has 9 nitrogen and oxygen atoms in total. The Morgan fingerprint density at radius 2 is 2.09 bits per heavy atom. The van der Waals surface area contributed by atoms with E-state index < -0.39 is 0 Å². The Labute approximate surface area is 187 Å². The van der Waals surface area contributed by atoms with Crippen LogP contribution in [0.3, 0.4) is 0 Å². The van der Waals surface area contributed by atoms with Gasteiger partial charge in [-0.05, 0) is 51.3 Å². The van der Waals surface area contributed by atoms with Gasteiger partial charge in [-0.1, -0.05) is 5.16 Å². The highest BCUT2D eigenvalue weighted by molar-refractivity contribution is 5.76. The molecule has 170 valence electrons. The van der Waals surface area contributed by atoms with Gasteiger partial charge in [-0.2, -0.15) is 10.1 Å². The quantitative estimate of drug-likeness (QED) is 0.533. The van der Waals surface area contributed by atoms with Crippen molar-refractivity contribution in [3.63, 3.8) is 0 Å². The van der Waals surface area contributed by atoms with Crippen molar-refractivity contribution in [1.82, 2.24) is 29.8 Å². The summed E-state index contributed by atoms with van der Waals surface area (Å²) in [7, 11) is 1.70. The maximum Gasteiger partial charge on any atom is 0.259 e. The molecule has 1 aliphatic heterocycles. The summed E-state index contributed by atoms with van der Waals surface area (Å²) in [5.41, 5.74) is 2.58. The minimum atomic E-state index is -0.271. The Morgan fingerprint density at radius 3 is 2.75 bits per heavy atom. The molecule has 0 radical (unpaired) electrons. The minimum absolute atomic E-state index is 0.155. The van der Waals surface area contributed by atoms with Crippen molar-refractivity contribution in [3.05, 3.63) is 47.8 Å². The average molecular weight is 439 g/mol. The van der Waals surface area contributed by atoms with Gasteiger partial charge in [0, 0.05) is 63.3 Å². The second kappa shape index (κ2) is 9.60. The van der Waals surface area contributed by atoms with Crippen LogP contribution in [0.1, 0.15) is 42.9 Å². The summed E-state index contributed by atoms with van der Waals surface area (Å²) in [6.07, 6.45) is 6.19. The Bertz CT molecular complexity index is 1040. The van der Waals surface area contributed by atoms with Gasteiger partial charge in [-0.25, -0.2) is 0 Å². The lowest BCUT2D eigenvalue weighted by atomic mass is 9.75. The smallest absolute Gasteiger partial charge is 0.259 e. The number of hydrogen-bond acceptors (Lipinski definition) is 7. The molecule has 0 atom stereocenters. The molecular weight excluding hydrogens is 408 g/mol. The molecule has 9 heteroatoms. The summed E-state index contributed by atoms with van der Waals surface area (Å²) in [6.45, 7) is 6.51. The van der Waals surface area contributed by atoms with Gasteiger partial charge in [0.25, 0.3) is 5.89 Å². The van der Waals surface area contributed by atoms with E-state index in [1.807, 2.05) is 41.6 Å². The molecule has 4 rings (SSSR count). The predicted molar refractivity (Wildman–Crippen MR) is 118 cm³/mol. The number of aromatic nitrogens is 5. The third-order valence-electron chi connectivity index (χ3n) is 6.31. The monoisotopic (exact) mass is 438 g/mol. The molecule has 0 bridgehead atoms. The van der Waals surface area contributed by atoms with Crippen LogP contribution >= 0.6 is 0 Å². The number of carbonyl (C=O) groups excluding carboxylic acids is 1. The zero-order valence-corrected chi connectivity index (χ0v) is 19.0. The second-order valence-electron chi connectivity index (χ2n) is 8.47. The fourth-order valence-corrected chi connectivity index (χ4v) is 4.37. The molecule has 1 saturated heterocycles. The van der Waals surface area contributed by atoms with Crippen LogP contribution in [0.4, 0.5) is 0 Å². The molecule has 0 aromatic carbocycles. The second-order valence-corrected chi connectivity index (χ2v) is 8.47. The van der Waals surface area contributed by atoms with Crippen LogP contribution in [0.5, 0.6) is 0 Å². The fraction of sp³-hybridized carbons (Fsp3) is 0.522. The van der Waals surface area contributed by atoms with Crippen molar-refractivity contribution in [2.75, 3.05) is 26.8 Å². The number of amides is 1. The lowest BCUT2D eigenvalue weighted by Crippen LogP contribution is -2.46. The highest BCUT2D eigenvalue weighted by Crippen LogP contribution is 2.38. The van der Waals surface area contributed by atoms with Gasteiger partial charge in [0.05, 0.1) is 11.3 Å². The number of piperidine rings is 1. The number of aryl methyl sites for hydroxylation is 3. The predicted octanol–water partition coefficient (Wildman–Crippen LogP) is 2.93. The van der Waals surface area contributed by atoms with Crippen LogP contribution in [0.2, 0.25) is 0 Å². The first-order valence-corrected chi connectivity index (χ1v) is 11.0. The summed E-state index contributed by atoms with van der Waals surface area (Å²) in [5.74, 6) is 1.30. The lowest BCUT2D eigenvalue weighted by molar-refractivity contribution is -0.133. The van der Waals surface area contributed by atoms with E-state index in [0.29, 0.717) is 44.4 Å². The topological polar surface area (TPSA) is 99.2 Å². The first-order valence-electron chi connectivity index (χ1n) is 11.0. The highest BCUT2D eigenvalue weighted by Gasteiger charge is 2.41. The van der Waals surface area contributed by atoms with E-state index >= 15 is 0 Å². The summed E-state index contributed by atoms with van der Waals surface area (Å²) in [5, 5.41) is 8.77. The van der Waals surface area contributed by atoms with Crippen LogP contribution in [0.15, 0.2) is 35.1 Å².